The summed E-state index contributed by atoms with van der Waals surface area (Å²) in [6.45, 7) is 0.0931. The van der Waals surface area contributed by atoms with Crippen LogP contribution < -0.4 is 20.1 Å². The Kier molecular flexibility index (Phi) is 3.33. The van der Waals surface area contributed by atoms with E-state index in [9.17, 15) is 14.4 Å². The highest BCUT2D eigenvalue weighted by molar-refractivity contribution is 6.24. The largest absolute Gasteiger partial charge is 0.454 e. The average molecular weight is 403 g/mol. The van der Waals surface area contributed by atoms with Gasteiger partial charge in [0.1, 0.15) is 6.04 Å². The van der Waals surface area contributed by atoms with E-state index in [-0.39, 0.29) is 12.7 Å². The van der Waals surface area contributed by atoms with Gasteiger partial charge >= 0.3 is 0 Å². The monoisotopic (exact) mass is 403 g/mol. The van der Waals surface area contributed by atoms with Gasteiger partial charge < -0.3 is 20.1 Å². The summed E-state index contributed by atoms with van der Waals surface area (Å²) in [7, 11) is 0. The lowest BCUT2D eigenvalue weighted by Gasteiger charge is -2.34. The lowest BCUT2D eigenvalue weighted by atomic mass is 9.84. The fourth-order valence-corrected chi connectivity index (χ4v) is 5.16. The highest BCUT2D eigenvalue weighted by atomic mass is 16.7. The molecule has 0 unspecified atom stereocenters. The first kappa shape index (κ1) is 17.1. The summed E-state index contributed by atoms with van der Waals surface area (Å²) in [6, 6.07) is 11.3. The van der Waals surface area contributed by atoms with Gasteiger partial charge in [0.25, 0.3) is 0 Å². The zero-order valence-corrected chi connectivity index (χ0v) is 15.7. The van der Waals surface area contributed by atoms with E-state index >= 15 is 0 Å². The van der Waals surface area contributed by atoms with Crippen LogP contribution in [-0.4, -0.2) is 35.5 Å². The second kappa shape index (κ2) is 5.85. The molecule has 2 N–H and O–H groups in total. The predicted octanol–water partition coefficient (Wildman–Crippen LogP) is 1.42. The molecule has 3 amide bonds. The van der Waals surface area contributed by atoms with Crippen LogP contribution in [0.1, 0.15) is 17.2 Å². The van der Waals surface area contributed by atoms with Crippen LogP contribution in [0.3, 0.4) is 0 Å². The Labute approximate surface area is 171 Å². The van der Waals surface area contributed by atoms with Crippen molar-refractivity contribution in [2.75, 3.05) is 11.7 Å². The minimum absolute atomic E-state index is 0.0931. The number of carbonyl (C=O) groups is 3. The molecule has 6 rings (SSSR count). The van der Waals surface area contributed by atoms with Gasteiger partial charge in [-0.3, -0.25) is 14.4 Å². The van der Waals surface area contributed by atoms with E-state index in [2.05, 4.69) is 0 Å². The maximum Gasteiger partial charge on any atom is 0.240 e. The summed E-state index contributed by atoms with van der Waals surface area (Å²) in [4.78, 5) is 42.3. The number of ether oxygens (including phenoxy) is 2. The maximum absolute atomic E-state index is 13.6. The quantitative estimate of drug-likeness (QED) is 0.761. The third-order valence-corrected chi connectivity index (χ3v) is 6.37. The number of nitrogens with two attached hydrogens (primary N) is 1. The van der Waals surface area contributed by atoms with Gasteiger partial charge in [0, 0.05) is 12.3 Å². The van der Waals surface area contributed by atoms with Gasteiger partial charge in [-0.2, -0.15) is 0 Å². The molecule has 8 heteroatoms. The molecular weight excluding hydrogens is 386 g/mol. The SMILES string of the molecule is NC(=O)[C@@H]1[C@@H]2C(=O)N(c3ccc4c(c3)OCO4)C(=O)[C@@H]2[C@H]2c3ccccc3C=CN12. The molecule has 150 valence electrons. The molecule has 0 radical (unpaired) electrons. The second-order valence-corrected chi connectivity index (χ2v) is 7.78. The summed E-state index contributed by atoms with van der Waals surface area (Å²) in [5, 5.41) is 0. The number of carbonyl (C=O) groups excluding carboxylic acids is 3. The molecule has 0 saturated carbocycles. The number of amides is 3. The van der Waals surface area contributed by atoms with E-state index in [1.165, 1.54) is 0 Å². The van der Waals surface area contributed by atoms with Crippen molar-refractivity contribution >= 4 is 29.5 Å². The van der Waals surface area contributed by atoms with Crippen molar-refractivity contribution < 1.29 is 23.9 Å². The Bertz CT molecular complexity index is 1160. The summed E-state index contributed by atoms with van der Waals surface area (Å²) in [5.41, 5.74) is 7.99. The number of primary amides is 1. The molecule has 0 aliphatic carbocycles. The van der Waals surface area contributed by atoms with Crippen LogP contribution in [0.15, 0.2) is 48.7 Å². The third kappa shape index (κ3) is 2.07. The number of hydrogen-bond donors (Lipinski definition) is 1. The molecule has 4 aliphatic rings. The van der Waals surface area contributed by atoms with Gasteiger partial charge in [-0.05, 0) is 29.3 Å². The summed E-state index contributed by atoms with van der Waals surface area (Å²) in [6.07, 6.45) is 3.65. The van der Waals surface area contributed by atoms with E-state index in [0.29, 0.717) is 17.2 Å². The van der Waals surface area contributed by atoms with E-state index in [1.807, 2.05) is 30.3 Å². The molecule has 30 heavy (non-hydrogen) atoms. The first-order chi connectivity index (χ1) is 14.6. The van der Waals surface area contributed by atoms with Gasteiger partial charge in [-0.15, -0.1) is 0 Å². The van der Waals surface area contributed by atoms with Crippen molar-refractivity contribution in [3.8, 4) is 11.5 Å². The van der Waals surface area contributed by atoms with Crippen molar-refractivity contribution in [1.82, 2.24) is 4.90 Å². The van der Waals surface area contributed by atoms with Crippen LogP contribution in [0, 0.1) is 11.8 Å². The van der Waals surface area contributed by atoms with Gasteiger partial charge in [0.15, 0.2) is 11.5 Å². The van der Waals surface area contributed by atoms with Crippen LogP contribution in [0.4, 0.5) is 5.69 Å². The average Bonchev–Trinajstić information content (AvgIpc) is 3.41. The number of rotatable bonds is 2. The van der Waals surface area contributed by atoms with E-state index in [4.69, 9.17) is 15.2 Å². The Morgan fingerprint density at radius 2 is 1.77 bits per heavy atom. The fourth-order valence-electron chi connectivity index (χ4n) is 5.16. The number of fused-ring (bicyclic) bond motifs is 6. The number of hydrogen-bond acceptors (Lipinski definition) is 6. The van der Waals surface area contributed by atoms with Gasteiger partial charge in [0.2, 0.25) is 24.5 Å². The van der Waals surface area contributed by atoms with E-state index in [0.717, 1.165) is 16.0 Å². The van der Waals surface area contributed by atoms with Gasteiger partial charge in [0.05, 0.1) is 23.6 Å². The van der Waals surface area contributed by atoms with Crippen LogP contribution in [0.5, 0.6) is 11.5 Å². The van der Waals surface area contributed by atoms with Crippen LogP contribution in [0.2, 0.25) is 0 Å². The van der Waals surface area contributed by atoms with Crippen molar-refractivity contribution in [1.29, 1.82) is 0 Å². The van der Waals surface area contributed by atoms with Crippen LogP contribution in [0.25, 0.3) is 6.08 Å². The first-order valence-corrected chi connectivity index (χ1v) is 9.67. The lowest BCUT2D eigenvalue weighted by Crippen LogP contribution is -2.46. The highest BCUT2D eigenvalue weighted by Gasteiger charge is 2.64. The normalized spacial score (nSPS) is 27.9. The minimum atomic E-state index is -0.889. The number of benzene rings is 2. The second-order valence-electron chi connectivity index (χ2n) is 7.78. The topological polar surface area (TPSA) is 102 Å². The van der Waals surface area contributed by atoms with Crippen LogP contribution >= 0.6 is 0 Å². The third-order valence-electron chi connectivity index (χ3n) is 6.37. The molecular formula is C22H17N3O5. The zero-order valence-electron chi connectivity index (χ0n) is 15.7. The number of imide groups is 1. The molecule has 4 heterocycles. The number of anilines is 1. The van der Waals surface area contributed by atoms with Crippen molar-refractivity contribution in [2.24, 2.45) is 17.6 Å². The Balaban J connectivity index is 1.47. The van der Waals surface area contributed by atoms with Crippen molar-refractivity contribution in [3.63, 3.8) is 0 Å². The lowest BCUT2D eigenvalue weighted by molar-refractivity contribution is -0.129. The smallest absolute Gasteiger partial charge is 0.240 e. The molecule has 0 spiro atoms. The summed E-state index contributed by atoms with van der Waals surface area (Å²) < 4.78 is 10.7. The molecule has 2 aromatic carbocycles. The Morgan fingerprint density at radius 1 is 1.00 bits per heavy atom. The van der Waals surface area contributed by atoms with E-state index < -0.39 is 35.7 Å². The molecule has 8 nitrogen and oxygen atoms in total. The molecule has 4 aliphatic heterocycles. The molecule has 4 atom stereocenters. The first-order valence-electron chi connectivity index (χ1n) is 9.67. The standard InChI is InChI=1S/C22H17N3O5/c23-20(26)19-17-16(18-13-4-2-1-3-11(13)7-8-24(18)19)21(27)25(22(17)28)12-5-6-14-15(9-12)30-10-29-14/h1-9,16-19H,10H2,(H2,23,26)/t16-,17+,18+,19-/m0/s1. The Hall–Kier alpha value is -3.81. The molecule has 2 aromatic rings. The van der Waals surface area contributed by atoms with Gasteiger partial charge in [-0.25, -0.2) is 4.90 Å². The molecule has 2 fully saturated rings. The fraction of sp³-hybridized carbons (Fsp3) is 0.227. The van der Waals surface area contributed by atoms with E-state index in [1.54, 1.807) is 29.3 Å². The molecule has 2 saturated heterocycles. The highest BCUT2D eigenvalue weighted by Crippen LogP contribution is 2.53. The Morgan fingerprint density at radius 3 is 2.60 bits per heavy atom. The molecule has 0 aromatic heterocycles. The minimum Gasteiger partial charge on any atom is -0.454 e. The maximum atomic E-state index is 13.6. The molecule has 0 bridgehead atoms. The van der Waals surface area contributed by atoms with Crippen LogP contribution in [-0.2, 0) is 14.4 Å². The predicted molar refractivity (Wildman–Crippen MR) is 105 cm³/mol. The summed E-state index contributed by atoms with van der Waals surface area (Å²) in [5.74, 6) is -1.90. The van der Waals surface area contributed by atoms with Crippen molar-refractivity contribution in [3.05, 3.63) is 59.8 Å². The number of nitrogens with zero attached hydrogens (tertiary/aromatic N) is 2. The van der Waals surface area contributed by atoms with Gasteiger partial charge in [-0.1, -0.05) is 24.3 Å². The zero-order chi connectivity index (χ0) is 20.6. The summed E-state index contributed by atoms with van der Waals surface area (Å²) >= 11 is 0. The van der Waals surface area contributed by atoms with Crippen molar-refractivity contribution in [2.45, 2.75) is 12.1 Å².